The summed E-state index contributed by atoms with van der Waals surface area (Å²) in [7, 11) is 1.73. The summed E-state index contributed by atoms with van der Waals surface area (Å²) in [6.45, 7) is 0. The average Bonchev–Trinajstić information content (AvgIpc) is 2.77. The van der Waals surface area contributed by atoms with Gasteiger partial charge in [-0.15, -0.1) is 12.4 Å². The molecule has 0 amide bonds. The highest BCUT2D eigenvalue weighted by molar-refractivity contribution is 5.85. The Hall–Kier alpha value is -0.990. The SMILES string of the molecule is COc1cccc2c1C1C=CC2N1.Cl. The minimum absolute atomic E-state index is 0. The summed E-state index contributed by atoms with van der Waals surface area (Å²) in [6.07, 6.45) is 4.42. The Kier molecular flexibility index (Phi) is 2.25. The van der Waals surface area contributed by atoms with Crippen molar-refractivity contribution in [2.75, 3.05) is 7.11 Å². The summed E-state index contributed by atoms with van der Waals surface area (Å²) >= 11 is 0. The van der Waals surface area contributed by atoms with Gasteiger partial charge in [-0.25, -0.2) is 0 Å². The maximum absolute atomic E-state index is 5.34. The fourth-order valence-corrected chi connectivity index (χ4v) is 2.24. The van der Waals surface area contributed by atoms with Gasteiger partial charge < -0.3 is 4.74 Å². The second kappa shape index (κ2) is 3.30. The number of ether oxygens (including phenoxy) is 1. The molecule has 0 fully saturated rings. The van der Waals surface area contributed by atoms with Crippen molar-refractivity contribution in [1.29, 1.82) is 0 Å². The molecule has 2 bridgehead atoms. The Labute approximate surface area is 89.4 Å². The Morgan fingerprint density at radius 1 is 1.21 bits per heavy atom. The lowest BCUT2D eigenvalue weighted by molar-refractivity contribution is 0.408. The molecular weight excluding hydrogens is 198 g/mol. The van der Waals surface area contributed by atoms with E-state index in [1.54, 1.807) is 7.11 Å². The van der Waals surface area contributed by atoms with E-state index < -0.39 is 0 Å². The Morgan fingerprint density at radius 2 is 2.00 bits per heavy atom. The summed E-state index contributed by atoms with van der Waals surface area (Å²) < 4.78 is 5.34. The summed E-state index contributed by atoms with van der Waals surface area (Å²) in [5.41, 5.74) is 2.68. The van der Waals surface area contributed by atoms with Crippen LogP contribution in [0.25, 0.3) is 0 Å². The first-order valence-electron chi connectivity index (χ1n) is 4.51. The molecule has 1 N–H and O–H groups in total. The molecule has 0 aromatic heterocycles. The minimum atomic E-state index is 0. The highest BCUT2D eigenvalue weighted by Crippen LogP contribution is 2.44. The van der Waals surface area contributed by atoms with Crippen molar-refractivity contribution in [2.24, 2.45) is 0 Å². The van der Waals surface area contributed by atoms with Crippen molar-refractivity contribution >= 4 is 12.4 Å². The van der Waals surface area contributed by atoms with Crippen LogP contribution in [0.5, 0.6) is 5.75 Å². The second-order valence-corrected chi connectivity index (χ2v) is 3.47. The first-order valence-corrected chi connectivity index (χ1v) is 4.51. The fraction of sp³-hybridized carbons (Fsp3) is 0.273. The molecule has 1 aromatic rings. The monoisotopic (exact) mass is 209 g/mol. The smallest absolute Gasteiger partial charge is 0.124 e. The lowest BCUT2D eigenvalue weighted by Crippen LogP contribution is -2.07. The van der Waals surface area contributed by atoms with E-state index in [-0.39, 0.29) is 12.4 Å². The van der Waals surface area contributed by atoms with Crippen LogP contribution in [0, 0.1) is 0 Å². The van der Waals surface area contributed by atoms with E-state index in [0.29, 0.717) is 12.1 Å². The van der Waals surface area contributed by atoms with Crippen LogP contribution in [-0.2, 0) is 0 Å². The van der Waals surface area contributed by atoms with Gasteiger partial charge in [0.2, 0.25) is 0 Å². The maximum atomic E-state index is 5.34. The molecule has 2 unspecified atom stereocenters. The van der Waals surface area contributed by atoms with E-state index in [2.05, 4.69) is 23.5 Å². The van der Waals surface area contributed by atoms with Gasteiger partial charge >= 0.3 is 0 Å². The molecule has 3 rings (SSSR count). The number of nitrogens with one attached hydrogen (secondary N) is 1. The van der Waals surface area contributed by atoms with E-state index >= 15 is 0 Å². The van der Waals surface area contributed by atoms with Crippen molar-refractivity contribution in [2.45, 2.75) is 12.1 Å². The number of halogens is 1. The lowest BCUT2D eigenvalue weighted by Gasteiger charge is -2.12. The topological polar surface area (TPSA) is 21.3 Å². The molecule has 2 aliphatic heterocycles. The van der Waals surface area contributed by atoms with Gasteiger partial charge in [0, 0.05) is 5.56 Å². The molecule has 2 atom stereocenters. The Balaban J connectivity index is 0.000000750. The molecule has 2 heterocycles. The summed E-state index contributed by atoms with van der Waals surface area (Å²) in [5.74, 6) is 1.00. The van der Waals surface area contributed by atoms with Crippen LogP contribution in [0.4, 0.5) is 0 Å². The number of methoxy groups -OCH3 is 1. The first-order chi connectivity index (χ1) is 6.40. The third kappa shape index (κ3) is 1.08. The third-order valence-electron chi connectivity index (χ3n) is 2.82. The first kappa shape index (κ1) is 9.56. The van der Waals surface area contributed by atoms with E-state index in [1.807, 2.05) is 12.1 Å². The lowest BCUT2D eigenvalue weighted by atomic mass is 9.96. The Bertz CT molecular complexity index is 389. The van der Waals surface area contributed by atoms with Crippen LogP contribution in [-0.4, -0.2) is 7.11 Å². The molecule has 2 nitrogen and oxygen atoms in total. The minimum Gasteiger partial charge on any atom is -0.496 e. The molecule has 2 aliphatic rings. The number of fused-ring (bicyclic) bond motifs is 5. The van der Waals surface area contributed by atoms with Crippen LogP contribution in [0.3, 0.4) is 0 Å². The van der Waals surface area contributed by atoms with Crippen molar-refractivity contribution < 1.29 is 4.74 Å². The van der Waals surface area contributed by atoms with Crippen LogP contribution in [0.15, 0.2) is 30.4 Å². The van der Waals surface area contributed by atoms with Crippen molar-refractivity contribution in [3.05, 3.63) is 41.5 Å². The van der Waals surface area contributed by atoms with Crippen molar-refractivity contribution in [3.63, 3.8) is 0 Å². The molecule has 1 aromatic carbocycles. The van der Waals surface area contributed by atoms with Crippen molar-refractivity contribution in [3.8, 4) is 5.75 Å². The highest BCUT2D eigenvalue weighted by Gasteiger charge is 2.33. The zero-order valence-corrected chi connectivity index (χ0v) is 8.67. The van der Waals surface area contributed by atoms with Crippen LogP contribution < -0.4 is 10.1 Å². The largest absolute Gasteiger partial charge is 0.496 e. The van der Waals surface area contributed by atoms with E-state index in [9.17, 15) is 0 Å². The van der Waals surface area contributed by atoms with Crippen LogP contribution in [0.2, 0.25) is 0 Å². The maximum Gasteiger partial charge on any atom is 0.124 e. The quantitative estimate of drug-likeness (QED) is 0.718. The predicted octanol–water partition coefficient (Wildman–Crippen LogP) is 2.37. The predicted molar refractivity (Wildman–Crippen MR) is 58.0 cm³/mol. The van der Waals surface area contributed by atoms with Gasteiger partial charge in [-0.1, -0.05) is 24.3 Å². The molecule has 3 heteroatoms. The van der Waals surface area contributed by atoms with Gasteiger partial charge in [-0.3, -0.25) is 5.32 Å². The van der Waals surface area contributed by atoms with Gasteiger partial charge in [0.05, 0.1) is 19.2 Å². The second-order valence-electron chi connectivity index (χ2n) is 3.47. The average molecular weight is 210 g/mol. The van der Waals surface area contributed by atoms with Gasteiger partial charge in [-0.2, -0.15) is 0 Å². The number of rotatable bonds is 1. The number of benzene rings is 1. The molecule has 0 radical (unpaired) electrons. The van der Waals surface area contributed by atoms with Gasteiger partial charge in [0.1, 0.15) is 5.75 Å². The molecular formula is C11H12ClNO. The summed E-state index contributed by atoms with van der Waals surface area (Å²) in [4.78, 5) is 0. The summed E-state index contributed by atoms with van der Waals surface area (Å²) in [5, 5.41) is 3.48. The zero-order chi connectivity index (χ0) is 8.84. The standard InChI is InChI=1S/C11H11NO.ClH/c1-13-10-4-2-3-7-8-5-6-9(12-8)11(7)10;/h2-6,8-9,12H,1H3;1H. The molecule has 0 aliphatic carbocycles. The molecule has 0 saturated carbocycles. The Morgan fingerprint density at radius 3 is 2.79 bits per heavy atom. The van der Waals surface area contributed by atoms with E-state index in [0.717, 1.165) is 5.75 Å². The molecule has 0 spiro atoms. The van der Waals surface area contributed by atoms with Crippen LogP contribution in [0.1, 0.15) is 23.2 Å². The van der Waals surface area contributed by atoms with Gasteiger partial charge in [0.15, 0.2) is 0 Å². The van der Waals surface area contributed by atoms with E-state index in [4.69, 9.17) is 4.74 Å². The fourth-order valence-electron chi connectivity index (χ4n) is 2.24. The van der Waals surface area contributed by atoms with Gasteiger partial charge in [0.25, 0.3) is 0 Å². The normalized spacial score (nSPS) is 25.8. The third-order valence-corrected chi connectivity index (χ3v) is 2.82. The van der Waals surface area contributed by atoms with Crippen molar-refractivity contribution in [1.82, 2.24) is 5.32 Å². The molecule has 0 saturated heterocycles. The van der Waals surface area contributed by atoms with Gasteiger partial charge in [-0.05, 0) is 11.6 Å². The van der Waals surface area contributed by atoms with E-state index in [1.165, 1.54) is 11.1 Å². The molecule has 74 valence electrons. The number of hydrogen-bond acceptors (Lipinski definition) is 2. The highest BCUT2D eigenvalue weighted by atomic mass is 35.5. The zero-order valence-electron chi connectivity index (χ0n) is 7.86. The number of hydrogen-bond donors (Lipinski definition) is 1. The summed E-state index contributed by atoms with van der Waals surface area (Å²) in [6, 6.07) is 7.02. The van der Waals surface area contributed by atoms with Crippen LogP contribution >= 0.6 is 12.4 Å². The molecule has 14 heavy (non-hydrogen) atoms.